The van der Waals surface area contributed by atoms with Crippen LogP contribution in [-0.2, 0) is 6.54 Å². The van der Waals surface area contributed by atoms with E-state index in [9.17, 15) is 0 Å². The predicted octanol–water partition coefficient (Wildman–Crippen LogP) is 3.22. The molecule has 164 valence electrons. The second kappa shape index (κ2) is 7.57. The lowest BCUT2D eigenvalue weighted by Crippen LogP contribution is -2.54. The minimum absolute atomic E-state index is 0.421. The van der Waals surface area contributed by atoms with E-state index in [-0.39, 0.29) is 0 Å². The van der Waals surface area contributed by atoms with Crippen molar-refractivity contribution < 1.29 is 0 Å². The van der Waals surface area contributed by atoms with Crippen molar-refractivity contribution in [3.8, 4) is 34.4 Å². The van der Waals surface area contributed by atoms with Gasteiger partial charge in [-0.3, -0.25) is 4.57 Å². The summed E-state index contributed by atoms with van der Waals surface area (Å²) in [7, 11) is 0. The van der Waals surface area contributed by atoms with Crippen LogP contribution in [-0.4, -0.2) is 49.5 Å². The minimum Gasteiger partial charge on any atom is -0.354 e. The third-order valence-corrected chi connectivity index (χ3v) is 6.42. The average molecular weight is 437 g/mol. The Balaban J connectivity index is 1.42. The SMILES string of the molecule is CC1CN(c2ccc3c(n2)Cn2cc(-c4ccc(C#N)cc4)cc2-c2nncn2-3)C[C@H](C)N1. The fourth-order valence-corrected chi connectivity index (χ4v) is 4.98. The van der Waals surface area contributed by atoms with Gasteiger partial charge in [0.1, 0.15) is 12.1 Å². The molecule has 3 aromatic heterocycles. The Morgan fingerprint density at radius 2 is 1.82 bits per heavy atom. The van der Waals surface area contributed by atoms with Crippen LogP contribution in [0, 0.1) is 11.3 Å². The lowest BCUT2D eigenvalue weighted by Gasteiger charge is -2.37. The van der Waals surface area contributed by atoms with E-state index in [1.54, 1.807) is 6.33 Å². The smallest absolute Gasteiger partial charge is 0.185 e. The Morgan fingerprint density at radius 1 is 1.03 bits per heavy atom. The number of hydrogen-bond acceptors (Lipinski definition) is 6. The first-order chi connectivity index (χ1) is 16.1. The maximum absolute atomic E-state index is 9.10. The third kappa shape index (κ3) is 3.38. The summed E-state index contributed by atoms with van der Waals surface area (Å²) in [5.41, 5.74) is 5.80. The Morgan fingerprint density at radius 3 is 2.58 bits per heavy atom. The maximum Gasteiger partial charge on any atom is 0.185 e. The Labute approximate surface area is 192 Å². The molecule has 2 aliphatic heterocycles. The van der Waals surface area contributed by atoms with Gasteiger partial charge >= 0.3 is 0 Å². The highest BCUT2D eigenvalue weighted by Gasteiger charge is 2.26. The van der Waals surface area contributed by atoms with Crippen molar-refractivity contribution >= 4 is 5.82 Å². The number of rotatable bonds is 2. The molecule has 0 amide bonds. The van der Waals surface area contributed by atoms with Gasteiger partial charge in [-0.1, -0.05) is 12.1 Å². The van der Waals surface area contributed by atoms with E-state index in [1.807, 2.05) is 28.8 Å². The van der Waals surface area contributed by atoms with Crippen molar-refractivity contribution in [1.29, 1.82) is 5.26 Å². The summed E-state index contributed by atoms with van der Waals surface area (Å²) < 4.78 is 4.22. The van der Waals surface area contributed by atoms with Crippen LogP contribution < -0.4 is 10.2 Å². The molecular weight excluding hydrogens is 412 g/mol. The molecule has 1 aromatic carbocycles. The van der Waals surface area contributed by atoms with Crippen LogP contribution in [0.4, 0.5) is 5.82 Å². The summed E-state index contributed by atoms with van der Waals surface area (Å²) in [6.45, 7) is 6.95. The molecule has 1 fully saturated rings. The number of aromatic nitrogens is 5. The second-order valence-corrected chi connectivity index (χ2v) is 8.96. The van der Waals surface area contributed by atoms with E-state index in [2.05, 4.69) is 69.3 Å². The van der Waals surface area contributed by atoms with Gasteiger partial charge in [0.05, 0.1) is 35.3 Å². The zero-order chi connectivity index (χ0) is 22.5. The highest BCUT2D eigenvalue weighted by atomic mass is 15.3. The summed E-state index contributed by atoms with van der Waals surface area (Å²) >= 11 is 0. The van der Waals surface area contributed by atoms with Gasteiger partial charge in [0.25, 0.3) is 0 Å². The molecule has 0 spiro atoms. The van der Waals surface area contributed by atoms with Gasteiger partial charge in [-0.2, -0.15) is 5.26 Å². The predicted molar refractivity (Wildman–Crippen MR) is 126 cm³/mol. The van der Waals surface area contributed by atoms with E-state index in [0.29, 0.717) is 24.2 Å². The highest BCUT2D eigenvalue weighted by molar-refractivity contribution is 5.71. The first-order valence-corrected chi connectivity index (χ1v) is 11.2. The molecule has 0 radical (unpaired) electrons. The molecule has 1 N–H and O–H groups in total. The number of nitriles is 1. The monoisotopic (exact) mass is 436 g/mol. The lowest BCUT2D eigenvalue weighted by atomic mass is 10.1. The molecule has 4 aromatic rings. The molecule has 2 atom stereocenters. The van der Waals surface area contributed by atoms with Crippen molar-refractivity contribution in [1.82, 2.24) is 29.6 Å². The first kappa shape index (κ1) is 19.7. The summed E-state index contributed by atoms with van der Waals surface area (Å²) in [5, 5.41) is 21.3. The van der Waals surface area contributed by atoms with Crippen molar-refractivity contribution in [3.63, 3.8) is 0 Å². The van der Waals surface area contributed by atoms with Crippen molar-refractivity contribution in [3.05, 3.63) is 66.2 Å². The van der Waals surface area contributed by atoms with Crippen LogP contribution in [0.1, 0.15) is 25.1 Å². The molecule has 0 aliphatic carbocycles. The van der Waals surface area contributed by atoms with E-state index in [4.69, 9.17) is 10.2 Å². The first-order valence-electron chi connectivity index (χ1n) is 11.2. The van der Waals surface area contributed by atoms with Crippen LogP contribution >= 0.6 is 0 Å². The van der Waals surface area contributed by atoms with Gasteiger partial charge in [0.15, 0.2) is 5.82 Å². The fourth-order valence-electron chi connectivity index (χ4n) is 4.98. The Bertz CT molecular complexity index is 1360. The Kier molecular flexibility index (Phi) is 4.52. The number of hydrogen-bond donors (Lipinski definition) is 1. The van der Waals surface area contributed by atoms with Gasteiger partial charge < -0.3 is 14.8 Å². The highest BCUT2D eigenvalue weighted by Crippen LogP contribution is 2.34. The number of anilines is 1. The second-order valence-electron chi connectivity index (χ2n) is 8.96. The zero-order valence-electron chi connectivity index (χ0n) is 18.6. The molecule has 5 heterocycles. The number of fused-ring (bicyclic) bond motifs is 5. The van der Waals surface area contributed by atoms with Crippen molar-refractivity contribution in [2.24, 2.45) is 0 Å². The largest absolute Gasteiger partial charge is 0.354 e. The summed E-state index contributed by atoms with van der Waals surface area (Å²) in [6.07, 6.45) is 3.89. The van der Waals surface area contributed by atoms with Gasteiger partial charge in [-0.05, 0) is 49.7 Å². The summed E-state index contributed by atoms with van der Waals surface area (Å²) in [5.74, 6) is 1.80. The van der Waals surface area contributed by atoms with Gasteiger partial charge in [-0.15, -0.1) is 10.2 Å². The normalized spacial score (nSPS) is 19.2. The van der Waals surface area contributed by atoms with Gasteiger partial charge in [0.2, 0.25) is 0 Å². The standard InChI is InChI=1S/C25H24N8/c1-16-11-32(12-17(2)28-16)24-8-7-22-21(29-24)14-31-13-20(19-5-3-18(10-26)4-6-19)9-23(31)25-30-27-15-33(22)25/h3-9,13,15-17,28H,11-12,14H2,1-2H3/t16-,17?/m0/s1. The molecule has 6 rings (SSSR count). The minimum atomic E-state index is 0.421. The van der Waals surface area contributed by atoms with Crippen LogP contribution in [0.2, 0.25) is 0 Å². The average Bonchev–Trinajstić information content (AvgIpc) is 3.43. The van der Waals surface area contributed by atoms with Crippen LogP contribution in [0.5, 0.6) is 0 Å². The van der Waals surface area contributed by atoms with E-state index in [1.165, 1.54) is 0 Å². The molecule has 8 nitrogen and oxygen atoms in total. The topological polar surface area (TPSA) is 87.6 Å². The van der Waals surface area contributed by atoms with Gasteiger partial charge in [0, 0.05) is 36.9 Å². The Hall–Kier alpha value is -3.96. The van der Waals surface area contributed by atoms with Gasteiger partial charge in [-0.25, -0.2) is 4.98 Å². The lowest BCUT2D eigenvalue weighted by molar-refractivity contribution is 0.405. The summed E-state index contributed by atoms with van der Waals surface area (Å²) in [6, 6.07) is 17.1. The summed E-state index contributed by atoms with van der Waals surface area (Å²) in [4.78, 5) is 7.48. The molecule has 0 saturated carbocycles. The molecular formula is C25H24N8. The zero-order valence-corrected chi connectivity index (χ0v) is 18.6. The molecule has 33 heavy (non-hydrogen) atoms. The quantitative estimate of drug-likeness (QED) is 0.457. The molecule has 1 saturated heterocycles. The van der Waals surface area contributed by atoms with E-state index in [0.717, 1.165) is 52.9 Å². The van der Waals surface area contributed by atoms with E-state index >= 15 is 0 Å². The van der Waals surface area contributed by atoms with Crippen LogP contribution in [0.3, 0.4) is 0 Å². The number of pyridine rings is 1. The number of nitrogens with one attached hydrogen (secondary N) is 1. The van der Waals surface area contributed by atoms with Crippen molar-refractivity contribution in [2.45, 2.75) is 32.5 Å². The van der Waals surface area contributed by atoms with E-state index < -0.39 is 0 Å². The van der Waals surface area contributed by atoms with Crippen molar-refractivity contribution in [2.75, 3.05) is 18.0 Å². The maximum atomic E-state index is 9.10. The van der Waals surface area contributed by atoms with Crippen LogP contribution in [0.15, 0.2) is 55.0 Å². The number of benzene rings is 1. The third-order valence-electron chi connectivity index (χ3n) is 6.42. The van der Waals surface area contributed by atoms with Crippen LogP contribution in [0.25, 0.3) is 28.3 Å². The molecule has 0 bridgehead atoms. The fraction of sp³-hybridized carbons (Fsp3) is 0.280. The molecule has 2 aliphatic rings. The number of nitrogens with zero attached hydrogens (tertiary/aromatic N) is 7. The number of piperazine rings is 1. The molecule has 1 unspecified atom stereocenters. The molecule has 8 heteroatoms.